The molecule has 8 heteroatoms. The van der Waals surface area contributed by atoms with Gasteiger partial charge in [0.05, 0.1) is 22.3 Å². The van der Waals surface area contributed by atoms with Crippen LogP contribution in [-0.4, -0.2) is 18.0 Å². The van der Waals surface area contributed by atoms with Crippen LogP contribution in [0.4, 0.5) is 5.69 Å². The summed E-state index contributed by atoms with van der Waals surface area (Å²) in [5, 5.41) is 15.7. The Labute approximate surface area is 200 Å². The van der Waals surface area contributed by atoms with Crippen LogP contribution in [-0.2, 0) is 16.2 Å². The molecule has 0 heterocycles. The summed E-state index contributed by atoms with van der Waals surface area (Å²) < 4.78 is 6.50. The van der Waals surface area contributed by atoms with Crippen LogP contribution >= 0.6 is 15.9 Å². The van der Waals surface area contributed by atoms with Gasteiger partial charge in [-0.25, -0.2) is 5.43 Å². The highest BCUT2D eigenvalue weighted by atomic mass is 79.9. The maximum Gasteiger partial charge on any atom is 0.249 e. The van der Waals surface area contributed by atoms with Crippen molar-refractivity contribution in [3.8, 4) is 11.8 Å². The van der Waals surface area contributed by atoms with Crippen LogP contribution in [0.15, 0.2) is 76.3 Å². The van der Waals surface area contributed by atoms with Crippen molar-refractivity contribution in [2.24, 2.45) is 5.10 Å². The molecule has 166 valence electrons. The molecular weight excluding hydrogens is 484 g/mol. The van der Waals surface area contributed by atoms with E-state index in [0.717, 1.165) is 16.7 Å². The van der Waals surface area contributed by atoms with Gasteiger partial charge >= 0.3 is 0 Å². The fraction of sp³-hybridized carbons (Fsp3) is 0.120. The normalized spacial score (nSPS) is 10.5. The van der Waals surface area contributed by atoms with Gasteiger partial charge in [-0.1, -0.05) is 35.9 Å². The number of anilines is 1. The number of aryl methyl sites for hydroxylation is 1. The van der Waals surface area contributed by atoms with E-state index in [4.69, 9.17) is 4.74 Å². The van der Waals surface area contributed by atoms with E-state index in [1.54, 1.807) is 42.5 Å². The van der Waals surface area contributed by atoms with E-state index in [9.17, 15) is 14.9 Å². The molecule has 0 radical (unpaired) electrons. The first kappa shape index (κ1) is 23.7. The average molecular weight is 505 g/mol. The van der Waals surface area contributed by atoms with Gasteiger partial charge in [0.2, 0.25) is 11.8 Å². The highest BCUT2D eigenvalue weighted by molar-refractivity contribution is 9.10. The number of hydrogen-bond acceptors (Lipinski definition) is 5. The predicted molar refractivity (Wildman–Crippen MR) is 130 cm³/mol. The molecule has 0 aromatic heterocycles. The molecule has 3 rings (SSSR count). The molecule has 0 bridgehead atoms. The first-order valence-corrected chi connectivity index (χ1v) is 10.8. The van der Waals surface area contributed by atoms with Gasteiger partial charge < -0.3 is 10.1 Å². The maximum atomic E-state index is 12.0. The fourth-order valence-corrected chi connectivity index (χ4v) is 3.34. The molecule has 0 atom stereocenters. The summed E-state index contributed by atoms with van der Waals surface area (Å²) in [5.41, 5.74) is 6.14. The third-order valence-electron chi connectivity index (χ3n) is 4.54. The number of halogens is 1. The monoisotopic (exact) mass is 504 g/mol. The van der Waals surface area contributed by atoms with Gasteiger partial charge in [-0.15, -0.1) is 0 Å². The first-order chi connectivity index (χ1) is 15.9. The van der Waals surface area contributed by atoms with Gasteiger partial charge in [0, 0.05) is 11.3 Å². The molecule has 0 aliphatic heterocycles. The van der Waals surface area contributed by atoms with Gasteiger partial charge in [-0.3, -0.25) is 9.59 Å². The second-order valence-electron chi connectivity index (χ2n) is 7.13. The Balaban J connectivity index is 1.49. The molecule has 33 heavy (non-hydrogen) atoms. The molecule has 0 saturated heterocycles. The number of benzene rings is 3. The van der Waals surface area contributed by atoms with Crippen LogP contribution < -0.4 is 15.5 Å². The van der Waals surface area contributed by atoms with E-state index in [1.165, 1.54) is 6.21 Å². The van der Waals surface area contributed by atoms with Crippen LogP contribution in [0, 0.1) is 18.3 Å². The number of rotatable bonds is 8. The van der Waals surface area contributed by atoms with Gasteiger partial charge in [-0.2, -0.15) is 10.4 Å². The van der Waals surface area contributed by atoms with Crippen molar-refractivity contribution in [2.45, 2.75) is 20.0 Å². The number of nitrogens with zero attached hydrogens (tertiary/aromatic N) is 2. The zero-order valence-corrected chi connectivity index (χ0v) is 19.4. The molecule has 0 aliphatic rings. The van der Waals surface area contributed by atoms with Crippen molar-refractivity contribution < 1.29 is 14.3 Å². The lowest BCUT2D eigenvalue weighted by Crippen LogP contribution is -2.24. The smallest absolute Gasteiger partial charge is 0.249 e. The van der Waals surface area contributed by atoms with Crippen molar-refractivity contribution in [3.63, 3.8) is 0 Å². The Morgan fingerprint density at radius 1 is 1.09 bits per heavy atom. The Hall–Kier alpha value is -3.96. The molecule has 2 amide bonds. The van der Waals surface area contributed by atoms with Crippen molar-refractivity contribution >= 4 is 39.6 Å². The van der Waals surface area contributed by atoms with Crippen LogP contribution in [0.5, 0.6) is 5.75 Å². The minimum absolute atomic E-state index is 0.260. The summed E-state index contributed by atoms with van der Waals surface area (Å²) in [6, 6.07) is 22.0. The van der Waals surface area contributed by atoms with Crippen LogP contribution in [0.1, 0.15) is 28.7 Å². The fourth-order valence-electron chi connectivity index (χ4n) is 2.83. The van der Waals surface area contributed by atoms with E-state index in [1.807, 2.05) is 31.2 Å². The number of amides is 2. The Bertz CT molecular complexity index is 1220. The van der Waals surface area contributed by atoms with Gasteiger partial charge in [0.15, 0.2) is 0 Å². The van der Waals surface area contributed by atoms with E-state index >= 15 is 0 Å². The Kier molecular flexibility index (Phi) is 8.33. The number of carbonyl (C=O) groups is 2. The largest absolute Gasteiger partial charge is 0.488 e. The van der Waals surface area contributed by atoms with E-state index < -0.39 is 11.8 Å². The molecule has 7 nitrogen and oxygen atoms in total. The Morgan fingerprint density at radius 2 is 1.85 bits per heavy atom. The topological polar surface area (TPSA) is 104 Å². The zero-order chi connectivity index (χ0) is 23.6. The van der Waals surface area contributed by atoms with Crippen molar-refractivity contribution in [3.05, 3.63) is 93.5 Å². The summed E-state index contributed by atoms with van der Waals surface area (Å²) in [6.07, 6.45) is 1.13. The highest BCUT2D eigenvalue weighted by Crippen LogP contribution is 2.26. The van der Waals surface area contributed by atoms with Crippen LogP contribution in [0.25, 0.3) is 0 Å². The lowest BCUT2D eigenvalue weighted by atomic mass is 10.1. The summed E-state index contributed by atoms with van der Waals surface area (Å²) >= 11 is 3.45. The second-order valence-corrected chi connectivity index (χ2v) is 7.99. The number of hydrazone groups is 1. The molecule has 0 saturated carbocycles. The lowest BCUT2D eigenvalue weighted by molar-refractivity contribution is -0.126. The van der Waals surface area contributed by atoms with Gasteiger partial charge in [0.1, 0.15) is 18.8 Å². The summed E-state index contributed by atoms with van der Waals surface area (Å²) in [6.45, 7) is 2.21. The molecule has 0 aliphatic carbocycles. The summed E-state index contributed by atoms with van der Waals surface area (Å²) in [4.78, 5) is 23.9. The average Bonchev–Trinajstić information content (AvgIpc) is 2.80. The minimum atomic E-state index is -0.522. The Morgan fingerprint density at radius 3 is 2.58 bits per heavy atom. The molecule has 2 N–H and O–H groups in total. The summed E-state index contributed by atoms with van der Waals surface area (Å²) in [7, 11) is 0. The number of nitrogens with one attached hydrogen (secondary N) is 2. The maximum absolute atomic E-state index is 12.0. The van der Waals surface area contributed by atoms with Gasteiger partial charge in [-0.05, 0) is 64.8 Å². The van der Waals surface area contributed by atoms with E-state index in [2.05, 4.69) is 37.8 Å². The highest BCUT2D eigenvalue weighted by Gasteiger charge is 2.09. The SMILES string of the molecule is Cc1ccc(NC(=O)CC(=O)NN=Cc2ccc(OCc3ccccc3C#N)c(Br)c2)cc1. The standard InChI is InChI=1S/C25H21BrN4O3/c1-17-6-9-21(10-7-17)29-24(31)13-25(32)30-28-15-18-8-11-23(22(26)12-18)33-16-20-5-3-2-4-19(20)14-27/h2-12,15H,13,16H2,1H3,(H,29,31)(H,30,32). The van der Waals surface area contributed by atoms with E-state index in [-0.39, 0.29) is 13.0 Å². The van der Waals surface area contributed by atoms with Crippen LogP contribution in [0.3, 0.4) is 0 Å². The van der Waals surface area contributed by atoms with Crippen molar-refractivity contribution in [2.75, 3.05) is 5.32 Å². The van der Waals surface area contributed by atoms with Gasteiger partial charge in [0.25, 0.3) is 0 Å². The van der Waals surface area contributed by atoms with Crippen LogP contribution in [0.2, 0.25) is 0 Å². The first-order valence-electron chi connectivity index (χ1n) is 10.0. The lowest BCUT2D eigenvalue weighted by Gasteiger charge is -2.10. The number of nitriles is 1. The molecule has 0 unspecified atom stereocenters. The molecular formula is C25H21BrN4O3. The second kappa shape index (κ2) is 11.6. The minimum Gasteiger partial charge on any atom is -0.488 e. The molecule has 0 spiro atoms. The number of carbonyl (C=O) groups excluding carboxylic acids is 2. The molecule has 0 fully saturated rings. The third-order valence-corrected chi connectivity index (χ3v) is 5.16. The number of ether oxygens (including phenoxy) is 1. The number of hydrogen-bond donors (Lipinski definition) is 2. The van der Waals surface area contributed by atoms with Crippen molar-refractivity contribution in [1.29, 1.82) is 5.26 Å². The quantitative estimate of drug-likeness (QED) is 0.263. The molecule has 3 aromatic carbocycles. The third kappa shape index (κ3) is 7.30. The predicted octanol–water partition coefficient (Wildman–Crippen LogP) is 4.69. The molecule has 3 aromatic rings. The summed E-state index contributed by atoms with van der Waals surface area (Å²) in [5.74, 6) is -0.337. The zero-order valence-electron chi connectivity index (χ0n) is 17.8. The van der Waals surface area contributed by atoms with E-state index in [0.29, 0.717) is 21.5 Å². The van der Waals surface area contributed by atoms with Crippen molar-refractivity contribution in [1.82, 2.24) is 5.43 Å².